The highest BCUT2D eigenvalue weighted by Crippen LogP contribution is 2.30. The Morgan fingerprint density at radius 1 is 1.45 bits per heavy atom. The minimum absolute atomic E-state index is 0.181. The van der Waals surface area contributed by atoms with Gasteiger partial charge in [0.15, 0.2) is 0 Å². The molecule has 3 nitrogen and oxygen atoms in total. The zero-order valence-electron chi connectivity index (χ0n) is 11.4. The molecule has 1 N–H and O–H groups in total. The van der Waals surface area contributed by atoms with Gasteiger partial charge in [-0.25, -0.2) is 4.79 Å². The summed E-state index contributed by atoms with van der Waals surface area (Å²) in [4.78, 5) is 12.8. The maximum Gasteiger partial charge on any atom is 0.337 e. The summed E-state index contributed by atoms with van der Waals surface area (Å²) in [7, 11) is 1.37. The number of carbonyl (C=O) groups excluding carboxylic acids is 1. The Labute approximate surface area is 127 Å². The van der Waals surface area contributed by atoms with E-state index in [0.717, 1.165) is 12.1 Å². The minimum Gasteiger partial charge on any atom is -0.465 e. The van der Waals surface area contributed by atoms with Crippen LogP contribution in [0, 0.1) is 0 Å². The van der Waals surface area contributed by atoms with Gasteiger partial charge in [-0.1, -0.05) is 24.6 Å². The zero-order valence-corrected chi connectivity index (χ0v) is 12.9. The average Bonchev–Trinajstić information content (AvgIpc) is 2.99. The number of hydrogen-bond donors (Lipinski definition) is 1. The number of rotatable bonds is 5. The van der Waals surface area contributed by atoms with Gasteiger partial charge in [0, 0.05) is 4.88 Å². The van der Waals surface area contributed by atoms with Gasteiger partial charge < -0.3 is 10.1 Å². The molecule has 0 fully saturated rings. The number of thiophene rings is 1. The molecule has 0 saturated heterocycles. The summed E-state index contributed by atoms with van der Waals surface area (Å²) in [6.45, 7) is 2.11. The molecule has 0 radical (unpaired) electrons. The molecule has 1 unspecified atom stereocenters. The number of benzene rings is 1. The van der Waals surface area contributed by atoms with Crippen LogP contribution in [0.5, 0.6) is 0 Å². The van der Waals surface area contributed by atoms with Crippen molar-refractivity contribution in [2.24, 2.45) is 0 Å². The summed E-state index contributed by atoms with van der Waals surface area (Å²) in [5, 5.41) is 6.03. The fourth-order valence-corrected chi connectivity index (χ4v) is 2.97. The third kappa shape index (κ3) is 3.32. The molecule has 0 aliphatic carbocycles. The van der Waals surface area contributed by atoms with Crippen molar-refractivity contribution in [3.8, 4) is 0 Å². The maximum atomic E-state index is 11.6. The van der Waals surface area contributed by atoms with Crippen LogP contribution in [0.4, 0.5) is 5.69 Å². The van der Waals surface area contributed by atoms with E-state index in [9.17, 15) is 4.79 Å². The van der Waals surface area contributed by atoms with Crippen LogP contribution in [0.3, 0.4) is 0 Å². The summed E-state index contributed by atoms with van der Waals surface area (Å²) in [5.41, 5.74) is 1.23. The Morgan fingerprint density at radius 2 is 2.25 bits per heavy atom. The molecule has 1 heterocycles. The highest BCUT2D eigenvalue weighted by molar-refractivity contribution is 7.10. The molecule has 0 bridgehead atoms. The first kappa shape index (κ1) is 14.9. The Balaban J connectivity index is 2.25. The van der Waals surface area contributed by atoms with Crippen LogP contribution in [-0.4, -0.2) is 13.1 Å². The molecular weight excluding hydrogens is 294 g/mol. The van der Waals surface area contributed by atoms with Crippen LogP contribution in [0.1, 0.15) is 34.6 Å². The third-order valence-corrected chi connectivity index (χ3v) is 4.33. The molecule has 0 aliphatic rings. The monoisotopic (exact) mass is 309 g/mol. The lowest BCUT2D eigenvalue weighted by atomic mass is 10.1. The predicted molar refractivity (Wildman–Crippen MR) is 83.8 cm³/mol. The van der Waals surface area contributed by atoms with Gasteiger partial charge in [0.1, 0.15) is 0 Å². The van der Waals surface area contributed by atoms with Crippen molar-refractivity contribution in [1.82, 2.24) is 0 Å². The lowest BCUT2D eigenvalue weighted by Crippen LogP contribution is -2.10. The van der Waals surface area contributed by atoms with Crippen molar-refractivity contribution >= 4 is 34.6 Å². The predicted octanol–water partition coefficient (Wildman–Crippen LogP) is 4.75. The molecule has 0 saturated carbocycles. The van der Waals surface area contributed by atoms with Gasteiger partial charge in [0.2, 0.25) is 0 Å². The zero-order chi connectivity index (χ0) is 14.5. The van der Waals surface area contributed by atoms with E-state index < -0.39 is 0 Å². The molecule has 20 heavy (non-hydrogen) atoms. The van der Waals surface area contributed by atoms with Crippen molar-refractivity contribution in [2.45, 2.75) is 19.4 Å². The summed E-state index contributed by atoms with van der Waals surface area (Å²) in [6, 6.07) is 9.38. The first-order chi connectivity index (χ1) is 9.65. The summed E-state index contributed by atoms with van der Waals surface area (Å²) in [5.74, 6) is -0.367. The number of carbonyl (C=O) groups is 1. The molecule has 106 valence electrons. The Bertz CT molecular complexity index is 584. The molecule has 0 spiro atoms. The van der Waals surface area contributed by atoms with E-state index in [1.54, 1.807) is 29.5 Å². The van der Waals surface area contributed by atoms with Crippen LogP contribution in [0.15, 0.2) is 35.7 Å². The number of halogens is 1. The van der Waals surface area contributed by atoms with Crippen LogP contribution in [0.25, 0.3) is 0 Å². The first-order valence-corrected chi connectivity index (χ1v) is 7.59. The van der Waals surface area contributed by atoms with Crippen LogP contribution >= 0.6 is 22.9 Å². The van der Waals surface area contributed by atoms with Crippen molar-refractivity contribution < 1.29 is 9.53 Å². The molecule has 1 atom stereocenters. The van der Waals surface area contributed by atoms with E-state index in [2.05, 4.69) is 18.3 Å². The highest BCUT2D eigenvalue weighted by Gasteiger charge is 2.14. The van der Waals surface area contributed by atoms with Crippen molar-refractivity contribution in [2.75, 3.05) is 12.4 Å². The van der Waals surface area contributed by atoms with Gasteiger partial charge in [-0.3, -0.25) is 0 Å². The molecule has 5 heteroatoms. The second-order valence-corrected chi connectivity index (χ2v) is 5.69. The smallest absolute Gasteiger partial charge is 0.337 e. The molecular formula is C15H16ClNO2S. The van der Waals surface area contributed by atoms with Gasteiger partial charge in [0.05, 0.1) is 29.4 Å². The van der Waals surface area contributed by atoms with E-state index >= 15 is 0 Å². The Kier molecular flexibility index (Phi) is 5.04. The van der Waals surface area contributed by atoms with E-state index in [1.807, 2.05) is 11.4 Å². The van der Waals surface area contributed by atoms with E-state index in [4.69, 9.17) is 16.3 Å². The Morgan fingerprint density at radius 3 is 2.85 bits per heavy atom. The number of ether oxygens (including phenoxy) is 1. The highest BCUT2D eigenvalue weighted by atomic mass is 35.5. The van der Waals surface area contributed by atoms with E-state index in [1.165, 1.54) is 12.0 Å². The Hall–Kier alpha value is -1.52. The van der Waals surface area contributed by atoms with Gasteiger partial charge in [0.25, 0.3) is 0 Å². The third-order valence-electron chi connectivity index (χ3n) is 3.01. The topological polar surface area (TPSA) is 38.3 Å². The molecule has 1 aromatic carbocycles. The van der Waals surface area contributed by atoms with E-state index in [0.29, 0.717) is 10.6 Å². The standard InChI is InChI=1S/C15H16ClNO2S/c1-3-12(14-5-4-8-20-14)17-13-9-10(15(18)19-2)6-7-11(13)16/h4-9,12,17H,3H2,1-2H3. The summed E-state index contributed by atoms with van der Waals surface area (Å²) >= 11 is 7.89. The molecule has 0 aliphatic heterocycles. The van der Waals surface area contributed by atoms with Crippen molar-refractivity contribution in [3.63, 3.8) is 0 Å². The first-order valence-electron chi connectivity index (χ1n) is 6.33. The average molecular weight is 310 g/mol. The SMILES string of the molecule is CCC(Nc1cc(C(=O)OC)ccc1Cl)c1cccs1. The minimum atomic E-state index is -0.367. The molecule has 0 amide bonds. The lowest BCUT2D eigenvalue weighted by Gasteiger charge is -2.18. The fourth-order valence-electron chi connectivity index (χ4n) is 1.93. The number of anilines is 1. The molecule has 1 aromatic heterocycles. The van der Waals surface area contributed by atoms with Gasteiger partial charge >= 0.3 is 5.97 Å². The summed E-state index contributed by atoms with van der Waals surface area (Å²) in [6.07, 6.45) is 0.930. The lowest BCUT2D eigenvalue weighted by molar-refractivity contribution is 0.0601. The number of hydrogen-bond acceptors (Lipinski definition) is 4. The summed E-state index contributed by atoms with van der Waals surface area (Å²) < 4.78 is 4.73. The second-order valence-electron chi connectivity index (χ2n) is 4.31. The molecule has 2 aromatic rings. The molecule has 2 rings (SSSR count). The largest absolute Gasteiger partial charge is 0.465 e. The van der Waals surface area contributed by atoms with Gasteiger partial charge in [-0.15, -0.1) is 11.3 Å². The second kappa shape index (κ2) is 6.77. The van der Waals surface area contributed by atoms with Crippen molar-refractivity contribution in [1.29, 1.82) is 0 Å². The van der Waals surface area contributed by atoms with Gasteiger partial charge in [-0.2, -0.15) is 0 Å². The van der Waals surface area contributed by atoms with Crippen LogP contribution in [-0.2, 0) is 4.74 Å². The van der Waals surface area contributed by atoms with Crippen molar-refractivity contribution in [3.05, 3.63) is 51.2 Å². The van der Waals surface area contributed by atoms with Crippen LogP contribution in [0.2, 0.25) is 5.02 Å². The quantitative estimate of drug-likeness (QED) is 0.810. The van der Waals surface area contributed by atoms with E-state index in [-0.39, 0.29) is 12.0 Å². The van der Waals surface area contributed by atoms with Gasteiger partial charge in [-0.05, 0) is 36.1 Å². The van der Waals surface area contributed by atoms with Crippen LogP contribution < -0.4 is 5.32 Å². The fraction of sp³-hybridized carbons (Fsp3) is 0.267. The normalized spacial score (nSPS) is 11.9. The number of esters is 1. The number of methoxy groups -OCH3 is 1. The number of nitrogens with one attached hydrogen (secondary N) is 1. The maximum absolute atomic E-state index is 11.6.